The summed E-state index contributed by atoms with van der Waals surface area (Å²) in [4.78, 5) is 0. The van der Waals surface area contributed by atoms with Gasteiger partial charge in [-0.2, -0.15) is 13.2 Å². The van der Waals surface area contributed by atoms with Gasteiger partial charge in [0.25, 0.3) is 0 Å². The van der Waals surface area contributed by atoms with Crippen LogP contribution in [0.15, 0.2) is 24.3 Å². The van der Waals surface area contributed by atoms with Gasteiger partial charge in [0.15, 0.2) is 0 Å². The van der Waals surface area contributed by atoms with Crippen molar-refractivity contribution in [3.05, 3.63) is 35.4 Å². The third-order valence-corrected chi connectivity index (χ3v) is 3.38. The number of hydrogen-bond donors (Lipinski definition) is 2. The number of nitrogens with one attached hydrogen (secondary N) is 1. The zero-order valence-electron chi connectivity index (χ0n) is 12.7. The van der Waals surface area contributed by atoms with Crippen LogP contribution in [0.5, 0.6) is 0 Å². The normalized spacial score (nSPS) is 15.8. The molecule has 1 atom stereocenters. The summed E-state index contributed by atoms with van der Waals surface area (Å²) >= 11 is 0. The Morgan fingerprint density at radius 3 is 2.19 bits per heavy atom. The SMILES string of the molecule is COC(C)(C)CNCC(C)(O)c1cccc(C(F)(F)F)c1. The molecule has 1 unspecified atom stereocenters. The first-order valence-corrected chi connectivity index (χ1v) is 6.64. The first-order valence-electron chi connectivity index (χ1n) is 6.64. The van der Waals surface area contributed by atoms with Crippen molar-refractivity contribution in [3.8, 4) is 0 Å². The molecule has 0 amide bonds. The highest BCUT2D eigenvalue weighted by atomic mass is 19.4. The Labute approximate surface area is 123 Å². The highest BCUT2D eigenvalue weighted by Crippen LogP contribution is 2.31. The van der Waals surface area contributed by atoms with Crippen molar-refractivity contribution in [1.29, 1.82) is 0 Å². The van der Waals surface area contributed by atoms with Crippen LogP contribution in [0, 0.1) is 0 Å². The van der Waals surface area contributed by atoms with Gasteiger partial charge in [0, 0.05) is 20.2 Å². The summed E-state index contributed by atoms with van der Waals surface area (Å²) in [5.41, 5.74) is -2.35. The second-order valence-electron chi connectivity index (χ2n) is 5.92. The van der Waals surface area contributed by atoms with Crippen molar-refractivity contribution in [3.63, 3.8) is 0 Å². The predicted molar refractivity (Wildman–Crippen MR) is 75.0 cm³/mol. The lowest BCUT2D eigenvalue weighted by Crippen LogP contribution is -2.43. The van der Waals surface area contributed by atoms with E-state index in [-0.39, 0.29) is 12.1 Å². The predicted octanol–water partition coefficient (Wildman–Crippen LogP) is 2.93. The standard InChI is InChI=1S/C15H22F3NO2/c1-13(2,21-4)9-19-10-14(3,20)11-6-5-7-12(8-11)15(16,17)18/h5-8,19-20H,9-10H2,1-4H3. The highest BCUT2D eigenvalue weighted by molar-refractivity contribution is 5.29. The number of aliphatic hydroxyl groups is 1. The fraction of sp³-hybridized carbons (Fsp3) is 0.600. The molecule has 0 spiro atoms. The Morgan fingerprint density at radius 2 is 1.67 bits per heavy atom. The van der Waals surface area contributed by atoms with Gasteiger partial charge in [-0.1, -0.05) is 12.1 Å². The van der Waals surface area contributed by atoms with E-state index in [0.29, 0.717) is 6.54 Å². The fourth-order valence-corrected chi connectivity index (χ4v) is 1.81. The van der Waals surface area contributed by atoms with Crippen LogP contribution in [-0.2, 0) is 16.5 Å². The molecule has 6 heteroatoms. The molecule has 3 nitrogen and oxygen atoms in total. The molecule has 1 aromatic carbocycles. The molecule has 120 valence electrons. The molecular weight excluding hydrogens is 283 g/mol. The Balaban J connectivity index is 2.79. The first kappa shape index (κ1) is 17.9. The second-order valence-corrected chi connectivity index (χ2v) is 5.92. The van der Waals surface area contributed by atoms with Crippen LogP contribution >= 0.6 is 0 Å². The van der Waals surface area contributed by atoms with Crippen LogP contribution in [0.1, 0.15) is 31.9 Å². The van der Waals surface area contributed by atoms with Gasteiger partial charge >= 0.3 is 6.18 Å². The maximum atomic E-state index is 12.7. The molecule has 0 aliphatic heterocycles. The summed E-state index contributed by atoms with van der Waals surface area (Å²) in [7, 11) is 1.58. The molecule has 0 saturated carbocycles. The largest absolute Gasteiger partial charge is 0.416 e. The van der Waals surface area contributed by atoms with Crippen LogP contribution in [0.25, 0.3) is 0 Å². The maximum absolute atomic E-state index is 12.7. The van der Waals surface area contributed by atoms with Crippen LogP contribution in [-0.4, -0.2) is 30.9 Å². The van der Waals surface area contributed by atoms with Gasteiger partial charge in [-0.3, -0.25) is 0 Å². The summed E-state index contributed by atoms with van der Waals surface area (Å²) in [6.45, 7) is 5.83. The minimum Gasteiger partial charge on any atom is -0.384 e. The summed E-state index contributed by atoms with van der Waals surface area (Å²) in [6.07, 6.45) is -4.42. The van der Waals surface area contributed by atoms with E-state index in [0.717, 1.165) is 12.1 Å². The zero-order chi connectivity index (χ0) is 16.3. The third kappa shape index (κ3) is 5.30. The van der Waals surface area contributed by atoms with E-state index in [1.54, 1.807) is 7.11 Å². The fourth-order valence-electron chi connectivity index (χ4n) is 1.81. The molecule has 0 bridgehead atoms. The van der Waals surface area contributed by atoms with Crippen molar-refractivity contribution < 1.29 is 23.0 Å². The van der Waals surface area contributed by atoms with Crippen LogP contribution < -0.4 is 5.32 Å². The molecule has 0 heterocycles. The second kappa shape index (κ2) is 6.34. The topological polar surface area (TPSA) is 41.5 Å². The van der Waals surface area contributed by atoms with E-state index in [1.807, 2.05) is 13.8 Å². The number of rotatable bonds is 6. The average Bonchev–Trinajstić information content (AvgIpc) is 2.37. The lowest BCUT2D eigenvalue weighted by molar-refractivity contribution is -0.137. The lowest BCUT2D eigenvalue weighted by atomic mass is 9.94. The summed E-state index contributed by atoms with van der Waals surface area (Å²) < 4.78 is 43.3. The summed E-state index contributed by atoms with van der Waals surface area (Å²) in [5, 5.41) is 13.4. The molecule has 0 saturated heterocycles. The number of ether oxygens (including phenoxy) is 1. The quantitative estimate of drug-likeness (QED) is 0.849. The van der Waals surface area contributed by atoms with E-state index in [2.05, 4.69) is 5.32 Å². The van der Waals surface area contributed by atoms with Gasteiger partial charge in [0.1, 0.15) is 0 Å². The van der Waals surface area contributed by atoms with Crippen molar-refractivity contribution in [2.75, 3.05) is 20.2 Å². The van der Waals surface area contributed by atoms with E-state index < -0.39 is 22.9 Å². The molecule has 0 aromatic heterocycles. The lowest BCUT2D eigenvalue weighted by Gasteiger charge is -2.29. The monoisotopic (exact) mass is 305 g/mol. The van der Waals surface area contributed by atoms with Crippen LogP contribution in [0.2, 0.25) is 0 Å². The Hall–Kier alpha value is -1.11. The third-order valence-electron chi connectivity index (χ3n) is 3.38. The summed E-state index contributed by atoms with van der Waals surface area (Å²) in [5.74, 6) is 0. The first-order chi connectivity index (χ1) is 9.48. The maximum Gasteiger partial charge on any atom is 0.416 e. The Morgan fingerprint density at radius 1 is 1.10 bits per heavy atom. The molecule has 0 aliphatic carbocycles. The van der Waals surface area contributed by atoms with Gasteiger partial charge in [0.2, 0.25) is 0 Å². The van der Waals surface area contributed by atoms with Crippen molar-refractivity contribution in [1.82, 2.24) is 5.32 Å². The number of halogens is 3. The average molecular weight is 305 g/mol. The molecule has 2 N–H and O–H groups in total. The molecular formula is C15H22F3NO2. The molecule has 1 rings (SSSR count). The molecule has 1 aromatic rings. The van der Waals surface area contributed by atoms with Gasteiger partial charge in [0.05, 0.1) is 16.8 Å². The van der Waals surface area contributed by atoms with Crippen molar-refractivity contribution in [2.45, 2.75) is 38.1 Å². The van der Waals surface area contributed by atoms with E-state index in [9.17, 15) is 18.3 Å². The number of benzene rings is 1. The van der Waals surface area contributed by atoms with Gasteiger partial charge < -0.3 is 15.2 Å². The number of methoxy groups -OCH3 is 1. The van der Waals surface area contributed by atoms with Crippen molar-refractivity contribution >= 4 is 0 Å². The minimum absolute atomic E-state index is 0.126. The van der Waals surface area contributed by atoms with Gasteiger partial charge in [-0.25, -0.2) is 0 Å². The van der Waals surface area contributed by atoms with Gasteiger partial charge in [-0.05, 0) is 38.5 Å². The number of hydrogen-bond acceptors (Lipinski definition) is 3. The Bertz CT molecular complexity index is 470. The van der Waals surface area contributed by atoms with Crippen molar-refractivity contribution in [2.24, 2.45) is 0 Å². The molecule has 0 aliphatic rings. The smallest absolute Gasteiger partial charge is 0.384 e. The number of alkyl halides is 3. The molecule has 0 radical (unpaired) electrons. The van der Waals surface area contributed by atoms with E-state index in [1.165, 1.54) is 19.1 Å². The molecule has 0 fully saturated rings. The Kier molecular flexibility index (Phi) is 5.41. The summed E-state index contributed by atoms with van der Waals surface area (Å²) in [6, 6.07) is 4.74. The minimum atomic E-state index is -4.42. The van der Waals surface area contributed by atoms with Crippen LogP contribution in [0.4, 0.5) is 13.2 Å². The molecule has 21 heavy (non-hydrogen) atoms. The highest BCUT2D eigenvalue weighted by Gasteiger charge is 2.32. The van der Waals surface area contributed by atoms with Gasteiger partial charge in [-0.15, -0.1) is 0 Å². The van der Waals surface area contributed by atoms with E-state index in [4.69, 9.17) is 4.74 Å². The van der Waals surface area contributed by atoms with Crippen LogP contribution in [0.3, 0.4) is 0 Å². The zero-order valence-corrected chi connectivity index (χ0v) is 12.7. The van der Waals surface area contributed by atoms with E-state index >= 15 is 0 Å².